The Kier molecular flexibility index (Phi) is 5.48. The quantitative estimate of drug-likeness (QED) is 0.460. The van der Waals surface area contributed by atoms with Crippen LogP contribution in [0.3, 0.4) is 0 Å². The molecule has 2 heteroatoms. The van der Waals surface area contributed by atoms with Gasteiger partial charge in [0.2, 0.25) is 0 Å². The summed E-state index contributed by atoms with van der Waals surface area (Å²) in [5.74, 6) is 0.629. The molecule has 0 bridgehead atoms. The molecule has 0 aromatic rings. The van der Waals surface area contributed by atoms with E-state index in [4.69, 9.17) is 9.84 Å². The Hall–Kier alpha value is -1.02. The maximum absolute atomic E-state index is 8.37. The Bertz CT molecular complexity index is 136. The Labute approximate surface area is 61.1 Å². The second kappa shape index (κ2) is 6.11. The summed E-state index contributed by atoms with van der Waals surface area (Å²) >= 11 is 0. The molecule has 0 fully saturated rings. The van der Waals surface area contributed by atoms with E-state index in [1.807, 2.05) is 0 Å². The number of aliphatic hydroxyl groups excluding tert-OH is 1. The third-order valence-corrected chi connectivity index (χ3v) is 0.843. The molecule has 0 aliphatic heterocycles. The highest BCUT2D eigenvalue weighted by Crippen LogP contribution is 1.96. The molecule has 0 heterocycles. The summed E-state index contributed by atoms with van der Waals surface area (Å²) in [5, 5.41) is 8.37. The van der Waals surface area contributed by atoms with Crippen LogP contribution in [-0.2, 0) is 4.74 Å². The minimum absolute atomic E-state index is 0.0162. The topological polar surface area (TPSA) is 29.5 Å². The molecule has 0 radical (unpaired) electrons. The summed E-state index contributed by atoms with van der Waals surface area (Å²) < 4.78 is 5.00. The van der Waals surface area contributed by atoms with Crippen LogP contribution in [0.2, 0.25) is 0 Å². The molecule has 0 atom stereocenters. The van der Waals surface area contributed by atoms with Gasteiger partial charge in [-0.2, -0.15) is 0 Å². The van der Waals surface area contributed by atoms with Crippen molar-refractivity contribution in [3.63, 3.8) is 0 Å². The third kappa shape index (κ3) is 3.92. The number of ether oxygens (including phenoxy) is 1. The van der Waals surface area contributed by atoms with Crippen molar-refractivity contribution >= 4 is 0 Å². The van der Waals surface area contributed by atoms with Crippen molar-refractivity contribution in [2.24, 2.45) is 0 Å². The van der Waals surface area contributed by atoms with E-state index in [9.17, 15) is 0 Å². The molecule has 0 aliphatic rings. The maximum atomic E-state index is 8.37. The SMILES string of the molecule is C=CC=C(C=C)OCCO. The summed E-state index contributed by atoms with van der Waals surface area (Å²) in [6.07, 6.45) is 4.86. The normalized spacial score (nSPS) is 10.7. The van der Waals surface area contributed by atoms with Gasteiger partial charge in [-0.3, -0.25) is 0 Å². The van der Waals surface area contributed by atoms with E-state index in [0.717, 1.165) is 0 Å². The zero-order chi connectivity index (χ0) is 7.82. The van der Waals surface area contributed by atoms with E-state index in [0.29, 0.717) is 12.4 Å². The average molecular weight is 140 g/mol. The standard InChI is InChI=1S/C8H12O2/c1-3-5-8(4-2)10-7-6-9/h3-5,9H,1-2,6-7H2. The summed E-state index contributed by atoms with van der Waals surface area (Å²) in [6, 6.07) is 0. The van der Waals surface area contributed by atoms with Crippen LogP contribution in [0.1, 0.15) is 0 Å². The van der Waals surface area contributed by atoms with Crippen molar-refractivity contribution in [2.75, 3.05) is 13.2 Å². The third-order valence-electron chi connectivity index (χ3n) is 0.843. The number of rotatable bonds is 5. The second-order valence-electron chi connectivity index (χ2n) is 1.58. The van der Waals surface area contributed by atoms with E-state index in [-0.39, 0.29) is 6.61 Å². The van der Waals surface area contributed by atoms with E-state index in [1.165, 1.54) is 0 Å². The van der Waals surface area contributed by atoms with Gasteiger partial charge >= 0.3 is 0 Å². The number of aliphatic hydroxyl groups is 1. The van der Waals surface area contributed by atoms with Crippen molar-refractivity contribution < 1.29 is 9.84 Å². The molecule has 0 aromatic carbocycles. The van der Waals surface area contributed by atoms with Gasteiger partial charge in [-0.05, 0) is 12.2 Å². The van der Waals surface area contributed by atoms with Gasteiger partial charge in [0.05, 0.1) is 6.61 Å². The van der Waals surface area contributed by atoms with Crippen LogP contribution in [0.4, 0.5) is 0 Å². The van der Waals surface area contributed by atoms with Crippen LogP contribution < -0.4 is 0 Å². The first kappa shape index (κ1) is 8.98. The van der Waals surface area contributed by atoms with E-state index >= 15 is 0 Å². The molecule has 0 aromatic heterocycles. The summed E-state index contributed by atoms with van der Waals surface area (Å²) in [6.45, 7) is 7.31. The van der Waals surface area contributed by atoms with E-state index < -0.39 is 0 Å². The first-order chi connectivity index (χ1) is 4.85. The van der Waals surface area contributed by atoms with Crippen molar-refractivity contribution in [1.29, 1.82) is 0 Å². The van der Waals surface area contributed by atoms with Gasteiger partial charge in [0.15, 0.2) is 0 Å². The molecular weight excluding hydrogens is 128 g/mol. The van der Waals surface area contributed by atoms with Crippen LogP contribution in [0.25, 0.3) is 0 Å². The minimum Gasteiger partial charge on any atom is -0.491 e. The van der Waals surface area contributed by atoms with Gasteiger partial charge in [-0.1, -0.05) is 19.2 Å². The molecule has 10 heavy (non-hydrogen) atoms. The molecule has 0 unspecified atom stereocenters. The maximum Gasteiger partial charge on any atom is 0.118 e. The molecule has 0 saturated carbocycles. The van der Waals surface area contributed by atoms with Crippen molar-refractivity contribution in [3.8, 4) is 0 Å². The Morgan fingerprint density at radius 2 is 2.20 bits per heavy atom. The van der Waals surface area contributed by atoms with E-state index in [2.05, 4.69) is 13.2 Å². The van der Waals surface area contributed by atoms with Gasteiger partial charge < -0.3 is 9.84 Å². The zero-order valence-electron chi connectivity index (χ0n) is 5.92. The highest BCUT2D eigenvalue weighted by atomic mass is 16.5. The van der Waals surface area contributed by atoms with Crippen LogP contribution in [-0.4, -0.2) is 18.3 Å². The van der Waals surface area contributed by atoms with Crippen LogP contribution >= 0.6 is 0 Å². The lowest BCUT2D eigenvalue weighted by atomic mass is 10.4. The molecular formula is C8H12O2. The van der Waals surface area contributed by atoms with E-state index in [1.54, 1.807) is 18.2 Å². The van der Waals surface area contributed by atoms with Crippen LogP contribution in [0.5, 0.6) is 0 Å². The van der Waals surface area contributed by atoms with Crippen LogP contribution in [0.15, 0.2) is 37.1 Å². The largest absolute Gasteiger partial charge is 0.491 e. The van der Waals surface area contributed by atoms with Crippen molar-refractivity contribution in [2.45, 2.75) is 0 Å². The molecule has 0 rings (SSSR count). The number of allylic oxidation sites excluding steroid dienone is 3. The van der Waals surface area contributed by atoms with Gasteiger partial charge in [-0.15, -0.1) is 0 Å². The average Bonchev–Trinajstić information content (AvgIpc) is 1.98. The summed E-state index contributed by atoms with van der Waals surface area (Å²) in [7, 11) is 0. The molecule has 0 saturated heterocycles. The predicted octanol–water partition coefficient (Wildman–Crippen LogP) is 1.25. The van der Waals surface area contributed by atoms with Gasteiger partial charge in [-0.25, -0.2) is 0 Å². The fourth-order valence-electron chi connectivity index (χ4n) is 0.455. The molecule has 0 spiro atoms. The summed E-state index contributed by atoms with van der Waals surface area (Å²) in [5.41, 5.74) is 0. The van der Waals surface area contributed by atoms with Gasteiger partial charge in [0.25, 0.3) is 0 Å². The molecule has 2 nitrogen and oxygen atoms in total. The Balaban J connectivity index is 3.70. The number of hydrogen-bond acceptors (Lipinski definition) is 2. The zero-order valence-corrected chi connectivity index (χ0v) is 5.92. The second-order valence-corrected chi connectivity index (χ2v) is 1.58. The first-order valence-electron chi connectivity index (χ1n) is 3.04. The van der Waals surface area contributed by atoms with Gasteiger partial charge in [0.1, 0.15) is 12.4 Å². The highest BCUT2D eigenvalue weighted by molar-refractivity contribution is 5.14. The highest BCUT2D eigenvalue weighted by Gasteiger charge is 1.86. The predicted molar refractivity (Wildman–Crippen MR) is 41.5 cm³/mol. The van der Waals surface area contributed by atoms with Crippen molar-refractivity contribution in [3.05, 3.63) is 37.1 Å². The Morgan fingerprint density at radius 1 is 1.50 bits per heavy atom. The smallest absolute Gasteiger partial charge is 0.118 e. The lowest BCUT2D eigenvalue weighted by molar-refractivity contribution is 0.152. The first-order valence-corrected chi connectivity index (χ1v) is 3.04. The Morgan fingerprint density at radius 3 is 2.60 bits per heavy atom. The molecule has 0 amide bonds. The molecule has 0 aliphatic carbocycles. The fraction of sp³-hybridized carbons (Fsp3) is 0.250. The van der Waals surface area contributed by atoms with Gasteiger partial charge in [0, 0.05) is 0 Å². The molecule has 56 valence electrons. The summed E-state index contributed by atoms with van der Waals surface area (Å²) in [4.78, 5) is 0. The fourth-order valence-corrected chi connectivity index (χ4v) is 0.455. The van der Waals surface area contributed by atoms with Crippen molar-refractivity contribution in [1.82, 2.24) is 0 Å². The number of hydrogen-bond donors (Lipinski definition) is 1. The lowest BCUT2D eigenvalue weighted by Crippen LogP contribution is -1.96. The lowest BCUT2D eigenvalue weighted by Gasteiger charge is -2.01. The minimum atomic E-state index is 0.0162. The van der Waals surface area contributed by atoms with Crippen LogP contribution in [0, 0.1) is 0 Å². The molecule has 1 N–H and O–H groups in total. The monoisotopic (exact) mass is 140 g/mol.